The molecule has 0 amide bonds. The summed E-state index contributed by atoms with van der Waals surface area (Å²) in [5, 5.41) is 17.5. The second-order valence-corrected chi connectivity index (χ2v) is 4.01. The number of hydrogen-bond donors (Lipinski definition) is 2. The fraction of sp³-hybridized carbons (Fsp3) is 0.727. The Bertz CT molecular complexity index is 216. The van der Waals surface area contributed by atoms with E-state index in [-0.39, 0.29) is 12.5 Å². The molecule has 0 saturated heterocycles. The standard InChI is InChI=1S/C11H21NO3/c1-9(2)7-12(5-4-6-13)8-10(3)11(14)15/h10,13H,1,4-8H2,2-3H3,(H,14,15). The van der Waals surface area contributed by atoms with E-state index >= 15 is 0 Å². The summed E-state index contributed by atoms with van der Waals surface area (Å²) in [6.07, 6.45) is 0.666. The number of nitrogens with zero attached hydrogens (tertiary/aromatic N) is 1. The topological polar surface area (TPSA) is 60.8 Å². The van der Waals surface area contributed by atoms with Crippen molar-refractivity contribution in [1.82, 2.24) is 4.90 Å². The zero-order valence-corrected chi connectivity index (χ0v) is 9.57. The highest BCUT2D eigenvalue weighted by atomic mass is 16.4. The first-order valence-corrected chi connectivity index (χ1v) is 5.17. The van der Waals surface area contributed by atoms with Crippen LogP contribution in [0.5, 0.6) is 0 Å². The van der Waals surface area contributed by atoms with Crippen LogP contribution in [0.2, 0.25) is 0 Å². The van der Waals surface area contributed by atoms with Crippen LogP contribution in [-0.2, 0) is 4.79 Å². The molecule has 0 saturated carbocycles. The van der Waals surface area contributed by atoms with Gasteiger partial charge in [0.05, 0.1) is 5.92 Å². The number of aliphatic carboxylic acids is 1. The van der Waals surface area contributed by atoms with Gasteiger partial charge in [-0.25, -0.2) is 0 Å². The Morgan fingerprint density at radius 3 is 2.53 bits per heavy atom. The number of hydrogen-bond acceptors (Lipinski definition) is 3. The van der Waals surface area contributed by atoms with Crippen molar-refractivity contribution in [2.24, 2.45) is 5.92 Å². The third-order valence-electron chi connectivity index (χ3n) is 2.08. The molecule has 0 aromatic rings. The second-order valence-electron chi connectivity index (χ2n) is 4.01. The molecule has 0 fully saturated rings. The summed E-state index contributed by atoms with van der Waals surface area (Å²) in [6.45, 7) is 9.44. The molecule has 0 radical (unpaired) electrons. The van der Waals surface area contributed by atoms with Gasteiger partial charge in [-0.1, -0.05) is 19.1 Å². The third kappa shape index (κ3) is 7.11. The Labute approximate surface area is 91.2 Å². The van der Waals surface area contributed by atoms with Gasteiger partial charge in [0.2, 0.25) is 0 Å². The summed E-state index contributed by atoms with van der Waals surface area (Å²) in [4.78, 5) is 12.7. The lowest BCUT2D eigenvalue weighted by atomic mass is 10.1. The zero-order chi connectivity index (χ0) is 11.8. The van der Waals surface area contributed by atoms with Gasteiger partial charge in [-0.05, 0) is 13.3 Å². The fourth-order valence-electron chi connectivity index (χ4n) is 1.38. The van der Waals surface area contributed by atoms with Crippen molar-refractivity contribution in [3.63, 3.8) is 0 Å². The van der Waals surface area contributed by atoms with Gasteiger partial charge < -0.3 is 10.2 Å². The molecule has 15 heavy (non-hydrogen) atoms. The molecule has 0 aliphatic heterocycles. The van der Waals surface area contributed by atoms with Gasteiger partial charge >= 0.3 is 5.97 Å². The van der Waals surface area contributed by atoms with Gasteiger partial charge in [0.25, 0.3) is 0 Å². The van der Waals surface area contributed by atoms with E-state index in [1.54, 1.807) is 6.92 Å². The molecular weight excluding hydrogens is 194 g/mol. The highest BCUT2D eigenvalue weighted by molar-refractivity contribution is 5.69. The Hall–Kier alpha value is -0.870. The summed E-state index contributed by atoms with van der Waals surface area (Å²) in [5.41, 5.74) is 1.01. The predicted octanol–water partition coefficient (Wildman–Crippen LogP) is 0.968. The molecule has 1 atom stereocenters. The van der Waals surface area contributed by atoms with Crippen LogP contribution >= 0.6 is 0 Å². The molecule has 0 heterocycles. The minimum atomic E-state index is -0.786. The average Bonchev–Trinajstić information content (AvgIpc) is 2.13. The quantitative estimate of drug-likeness (QED) is 0.592. The zero-order valence-electron chi connectivity index (χ0n) is 9.57. The van der Waals surface area contributed by atoms with Crippen LogP contribution in [-0.4, -0.2) is 47.3 Å². The van der Waals surface area contributed by atoms with Gasteiger partial charge in [-0.3, -0.25) is 9.69 Å². The number of carboxylic acid groups (broad SMARTS) is 1. The number of aliphatic hydroxyl groups excluding tert-OH is 1. The summed E-state index contributed by atoms with van der Waals surface area (Å²) < 4.78 is 0. The number of carbonyl (C=O) groups is 1. The average molecular weight is 215 g/mol. The molecule has 4 nitrogen and oxygen atoms in total. The Balaban J connectivity index is 4.10. The fourth-order valence-corrected chi connectivity index (χ4v) is 1.38. The largest absolute Gasteiger partial charge is 0.481 e. The molecule has 0 spiro atoms. The summed E-state index contributed by atoms with van der Waals surface area (Å²) in [6, 6.07) is 0. The lowest BCUT2D eigenvalue weighted by molar-refractivity contribution is -0.141. The molecule has 0 aliphatic carbocycles. The first-order valence-electron chi connectivity index (χ1n) is 5.17. The summed E-state index contributed by atoms with van der Waals surface area (Å²) >= 11 is 0. The van der Waals surface area contributed by atoms with Gasteiger partial charge in [0.1, 0.15) is 0 Å². The second kappa shape index (κ2) is 7.43. The van der Waals surface area contributed by atoms with Crippen LogP contribution in [0.15, 0.2) is 12.2 Å². The maximum atomic E-state index is 10.7. The van der Waals surface area contributed by atoms with Crippen molar-refractivity contribution in [3.05, 3.63) is 12.2 Å². The highest BCUT2D eigenvalue weighted by Crippen LogP contribution is 2.04. The minimum Gasteiger partial charge on any atom is -0.481 e. The van der Waals surface area contributed by atoms with E-state index in [0.29, 0.717) is 26.1 Å². The lowest BCUT2D eigenvalue weighted by Gasteiger charge is -2.23. The Kier molecular flexibility index (Phi) is 6.99. The lowest BCUT2D eigenvalue weighted by Crippen LogP contribution is -2.34. The maximum Gasteiger partial charge on any atom is 0.307 e. The van der Waals surface area contributed by atoms with Crippen molar-refractivity contribution in [2.75, 3.05) is 26.2 Å². The van der Waals surface area contributed by atoms with Crippen LogP contribution in [0.3, 0.4) is 0 Å². The molecular formula is C11H21NO3. The van der Waals surface area contributed by atoms with Crippen molar-refractivity contribution in [3.8, 4) is 0 Å². The smallest absolute Gasteiger partial charge is 0.307 e. The van der Waals surface area contributed by atoms with Crippen LogP contribution in [0.4, 0.5) is 0 Å². The molecule has 0 aromatic carbocycles. The van der Waals surface area contributed by atoms with E-state index in [2.05, 4.69) is 6.58 Å². The van der Waals surface area contributed by atoms with E-state index in [1.807, 2.05) is 11.8 Å². The molecule has 4 heteroatoms. The SMILES string of the molecule is C=C(C)CN(CCCO)CC(C)C(=O)O. The van der Waals surface area contributed by atoms with Gasteiger partial charge in [0.15, 0.2) is 0 Å². The molecule has 0 rings (SSSR count). The van der Waals surface area contributed by atoms with Crippen LogP contribution in [0.1, 0.15) is 20.3 Å². The first kappa shape index (κ1) is 14.1. The molecule has 0 aliphatic rings. The predicted molar refractivity (Wildman–Crippen MR) is 59.8 cm³/mol. The van der Waals surface area contributed by atoms with E-state index in [1.165, 1.54) is 0 Å². The van der Waals surface area contributed by atoms with E-state index in [4.69, 9.17) is 10.2 Å². The van der Waals surface area contributed by atoms with Crippen LogP contribution < -0.4 is 0 Å². The van der Waals surface area contributed by atoms with Crippen molar-refractivity contribution in [1.29, 1.82) is 0 Å². The maximum absolute atomic E-state index is 10.7. The molecule has 0 aromatic heterocycles. The first-order chi connectivity index (χ1) is 6.97. The number of carboxylic acids is 1. The molecule has 0 bridgehead atoms. The van der Waals surface area contributed by atoms with Crippen molar-refractivity contribution >= 4 is 5.97 Å². The number of rotatable bonds is 8. The van der Waals surface area contributed by atoms with Gasteiger partial charge in [-0.15, -0.1) is 0 Å². The third-order valence-corrected chi connectivity index (χ3v) is 2.08. The van der Waals surface area contributed by atoms with Crippen molar-refractivity contribution < 1.29 is 15.0 Å². The normalized spacial score (nSPS) is 12.8. The van der Waals surface area contributed by atoms with Crippen molar-refractivity contribution in [2.45, 2.75) is 20.3 Å². The van der Waals surface area contributed by atoms with Crippen LogP contribution in [0.25, 0.3) is 0 Å². The Morgan fingerprint density at radius 1 is 1.53 bits per heavy atom. The monoisotopic (exact) mass is 215 g/mol. The van der Waals surface area contributed by atoms with E-state index in [0.717, 1.165) is 5.57 Å². The van der Waals surface area contributed by atoms with Gasteiger partial charge in [-0.2, -0.15) is 0 Å². The van der Waals surface area contributed by atoms with E-state index < -0.39 is 5.97 Å². The summed E-state index contributed by atoms with van der Waals surface area (Å²) in [5.74, 6) is -1.17. The van der Waals surface area contributed by atoms with Gasteiger partial charge in [0, 0.05) is 26.2 Å². The summed E-state index contributed by atoms with van der Waals surface area (Å²) in [7, 11) is 0. The Morgan fingerprint density at radius 2 is 2.13 bits per heavy atom. The van der Waals surface area contributed by atoms with Crippen LogP contribution in [0, 0.1) is 5.92 Å². The minimum absolute atomic E-state index is 0.133. The molecule has 1 unspecified atom stereocenters. The highest BCUT2D eigenvalue weighted by Gasteiger charge is 2.15. The molecule has 2 N–H and O–H groups in total. The molecule has 88 valence electrons. The van der Waals surface area contributed by atoms with E-state index in [9.17, 15) is 4.79 Å². The number of aliphatic hydroxyl groups is 1.